The van der Waals surface area contributed by atoms with E-state index in [0.717, 1.165) is 16.9 Å². The van der Waals surface area contributed by atoms with Crippen LogP contribution in [0.15, 0.2) is 48.5 Å². The first-order chi connectivity index (χ1) is 14.0. The summed E-state index contributed by atoms with van der Waals surface area (Å²) < 4.78 is 35.8. The molecule has 6 nitrogen and oxygen atoms in total. The Morgan fingerprint density at radius 1 is 0.931 bits per heavy atom. The molecule has 0 amide bonds. The van der Waals surface area contributed by atoms with E-state index in [0.29, 0.717) is 32.2 Å². The van der Waals surface area contributed by atoms with E-state index >= 15 is 0 Å². The van der Waals surface area contributed by atoms with Crippen molar-refractivity contribution in [2.24, 2.45) is 0 Å². The summed E-state index contributed by atoms with van der Waals surface area (Å²) in [6, 6.07) is 15.7. The van der Waals surface area contributed by atoms with Crippen molar-refractivity contribution in [2.75, 3.05) is 26.1 Å². The summed E-state index contributed by atoms with van der Waals surface area (Å²) in [5, 5.41) is 0. The van der Waals surface area contributed by atoms with Crippen LogP contribution in [0.3, 0.4) is 0 Å². The molecule has 2 aromatic carbocycles. The van der Waals surface area contributed by atoms with Gasteiger partial charge in [0.25, 0.3) is 0 Å². The molecule has 29 heavy (non-hydrogen) atoms. The fraction of sp³-hybridized carbons (Fsp3) is 0.455. The molecule has 0 radical (unpaired) electrons. The Hall–Kier alpha value is -1.90. The molecule has 1 atom stereocenters. The average molecular weight is 419 g/mol. The predicted octanol–water partition coefficient (Wildman–Crippen LogP) is 4.43. The first-order valence-electron chi connectivity index (χ1n) is 10.1. The van der Waals surface area contributed by atoms with Crippen LogP contribution in [0.1, 0.15) is 38.8 Å². The van der Waals surface area contributed by atoms with Crippen LogP contribution in [0.2, 0.25) is 0 Å². The van der Waals surface area contributed by atoms with Crippen molar-refractivity contribution in [3.8, 4) is 11.5 Å². The van der Waals surface area contributed by atoms with E-state index in [1.54, 1.807) is 0 Å². The second-order valence-electron chi connectivity index (χ2n) is 6.74. The Kier molecular flexibility index (Phi) is 7.32. The van der Waals surface area contributed by atoms with Gasteiger partial charge in [0.05, 0.1) is 6.61 Å². The molecule has 1 heterocycles. The zero-order valence-corrected chi connectivity index (χ0v) is 18.6. The predicted molar refractivity (Wildman–Crippen MR) is 112 cm³/mol. The third-order valence-corrected chi connectivity index (χ3v) is 7.33. The molecule has 0 saturated heterocycles. The molecular formula is C22H30O6Si. The van der Waals surface area contributed by atoms with Crippen molar-refractivity contribution in [1.29, 1.82) is 0 Å². The van der Waals surface area contributed by atoms with Crippen LogP contribution < -0.4 is 9.47 Å². The van der Waals surface area contributed by atoms with Gasteiger partial charge in [-0.2, -0.15) is 0 Å². The first-order valence-corrected chi connectivity index (χ1v) is 12.0. The van der Waals surface area contributed by atoms with Crippen LogP contribution in [0, 0.1) is 0 Å². The fourth-order valence-electron chi connectivity index (χ4n) is 3.28. The van der Waals surface area contributed by atoms with Crippen LogP contribution >= 0.6 is 0 Å². The molecule has 7 heteroatoms. The number of ether oxygens (including phenoxy) is 3. The summed E-state index contributed by atoms with van der Waals surface area (Å²) >= 11 is 0. The van der Waals surface area contributed by atoms with Gasteiger partial charge in [0.2, 0.25) is 5.79 Å². The molecule has 0 fully saturated rings. The number of fused-ring (bicyclic) bond motifs is 1. The zero-order chi connectivity index (χ0) is 20.7. The van der Waals surface area contributed by atoms with Crippen LogP contribution in [-0.4, -0.2) is 34.9 Å². The molecule has 158 valence electrons. The Labute approximate surface area is 174 Å². The summed E-state index contributed by atoms with van der Waals surface area (Å²) in [5.41, 5.74) is 1.92. The van der Waals surface area contributed by atoms with E-state index in [1.807, 2.05) is 76.2 Å². The minimum atomic E-state index is -2.87. The van der Waals surface area contributed by atoms with Gasteiger partial charge in [-0.1, -0.05) is 30.3 Å². The highest BCUT2D eigenvalue weighted by atomic mass is 28.4. The Morgan fingerprint density at radius 3 is 2.21 bits per heavy atom. The molecule has 0 aliphatic carbocycles. The lowest BCUT2D eigenvalue weighted by atomic mass is 10.1. The Bertz CT molecular complexity index is 767. The molecule has 3 rings (SSSR count). The zero-order valence-electron chi connectivity index (χ0n) is 17.6. The van der Waals surface area contributed by atoms with Gasteiger partial charge < -0.3 is 27.5 Å². The summed E-state index contributed by atoms with van der Waals surface area (Å²) in [5.74, 6) is 0.686. The first kappa shape index (κ1) is 21.8. The SMILES string of the molecule is CCO[Si](COc1ccc2c(c1)COC(C)(c1ccccc1)O2)(OCC)OCC. The Balaban J connectivity index is 1.71. The standard InChI is InChI=1S/C22H30O6Si/c1-5-25-29(26-6-2,27-7-3)17-23-20-13-14-21-18(15-20)16-24-22(4,28-21)19-11-9-8-10-12-19/h8-15H,5-7,16-17H2,1-4H3. The summed E-state index contributed by atoms with van der Waals surface area (Å²) in [7, 11) is -2.87. The molecule has 0 aromatic heterocycles. The molecule has 2 aromatic rings. The molecule has 0 bridgehead atoms. The van der Waals surface area contributed by atoms with E-state index < -0.39 is 14.6 Å². The van der Waals surface area contributed by atoms with Crippen LogP contribution in [0.25, 0.3) is 0 Å². The minimum Gasteiger partial charge on any atom is -0.489 e. The largest absolute Gasteiger partial charge is 0.540 e. The van der Waals surface area contributed by atoms with Crippen LogP contribution in [0.5, 0.6) is 11.5 Å². The van der Waals surface area contributed by atoms with Gasteiger partial charge >= 0.3 is 8.80 Å². The summed E-state index contributed by atoms with van der Waals surface area (Å²) in [6.07, 6.45) is 0.255. The topological polar surface area (TPSA) is 55.4 Å². The lowest BCUT2D eigenvalue weighted by molar-refractivity contribution is -0.201. The second-order valence-corrected chi connectivity index (χ2v) is 9.26. The summed E-state index contributed by atoms with van der Waals surface area (Å²) in [6.45, 7) is 9.69. The highest BCUT2D eigenvalue weighted by Gasteiger charge is 2.42. The number of hydrogen-bond acceptors (Lipinski definition) is 6. The van der Waals surface area contributed by atoms with Gasteiger partial charge in [-0.25, -0.2) is 0 Å². The van der Waals surface area contributed by atoms with Gasteiger partial charge in [0, 0.05) is 37.9 Å². The van der Waals surface area contributed by atoms with Gasteiger partial charge in [-0.15, -0.1) is 0 Å². The molecular weight excluding hydrogens is 388 g/mol. The molecule has 1 aliphatic heterocycles. The van der Waals surface area contributed by atoms with Crippen molar-refractivity contribution in [2.45, 2.75) is 40.1 Å². The number of hydrogen-bond donors (Lipinski definition) is 0. The van der Waals surface area contributed by atoms with Gasteiger partial charge in [-0.3, -0.25) is 0 Å². The van der Waals surface area contributed by atoms with Crippen molar-refractivity contribution in [1.82, 2.24) is 0 Å². The van der Waals surface area contributed by atoms with Crippen molar-refractivity contribution < 1.29 is 27.5 Å². The third-order valence-electron chi connectivity index (χ3n) is 4.65. The summed E-state index contributed by atoms with van der Waals surface area (Å²) in [4.78, 5) is 0. The fourth-order valence-corrected chi connectivity index (χ4v) is 5.44. The lowest BCUT2D eigenvalue weighted by Gasteiger charge is -2.36. The third kappa shape index (κ3) is 5.18. The van der Waals surface area contributed by atoms with Crippen LogP contribution in [-0.2, 0) is 30.4 Å². The second kappa shape index (κ2) is 9.73. The van der Waals surface area contributed by atoms with E-state index in [9.17, 15) is 0 Å². The number of benzene rings is 2. The van der Waals surface area contributed by atoms with Crippen molar-refractivity contribution in [3.05, 3.63) is 59.7 Å². The molecule has 1 aliphatic rings. The maximum absolute atomic E-state index is 6.18. The average Bonchev–Trinajstić information content (AvgIpc) is 2.73. The maximum Gasteiger partial charge on any atom is 0.540 e. The monoisotopic (exact) mass is 418 g/mol. The van der Waals surface area contributed by atoms with Crippen molar-refractivity contribution >= 4 is 8.80 Å². The van der Waals surface area contributed by atoms with Gasteiger partial charge in [0.15, 0.2) is 6.23 Å². The van der Waals surface area contributed by atoms with Crippen molar-refractivity contribution in [3.63, 3.8) is 0 Å². The molecule has 0 N–H and O–H groups in total. The van der Waals surface area contributed by atoms with E-state index in [2.05, 4.69) is 0 Å². The minimum absolute atomic E-state index is 0.255. The highest BCUT2D eigenvalue weighted by Crippen LogP contribution is 2.38. The van der Waals surface area contributed by atoms with Gasteiger partial charge in [0.1, 0.15) is 11.5 Å². The normalized spacial score (nSPS) is 18.8. The molecule has 1 unspecified atom stereocenters. The highest BCUT2D eigenvalue weighted by molar-refractivity contribution is 6.60. The van der Waals surface area contributed by atoms with E-state index in [4.69, 9.17) is 27.5 Å². The van der Waals surface area contributed by atoms with Gasteiger partial charge in [-0.05, 0) is 39.0 Å². The number of rotatable bonds is 10. The molecule has 0 saturated carbocycles. The smallest absolute Gasteiger partial charge is 0.489 e. The van der Waals surface area contributed by atoms with E-state index in [1.165, 1.54) is 0 Å². The molecule has 0 spiro atoms. The van der Waals surface area contributed by atoms with E-state index in [-0.39, 0.29) is 6.23 Å². The lowest BCUT2D eigenvalue weighted by Crippen LogP contribution is -2.51. The maximum atomic E-state index is 6.18. The quantitative estimate of drug-likeness (QED) is 0.532. The van der Waals surface area contributed by atoms with Crippen LogP contribution in [0.4, 0.5) is 0 Å². The Morgan fingerprint density at radius 2 is 1.59 bits per heavy atom.